The van der Waals surface area contributed by atoms with E-state index in [0.29, 0.717) is 44.8 Å². The Labute approximate surface area is 159 Å². The van der Waals surface area contributed by atoms with Crippen LogP contribution in [0, 0.1) is 0 Å². The first-order valence-corrected chi connectivity index (χ1v) is 9.53. The van der Waals surface area contributed by atoms with Crippen LogP contribution in [-0.2, 0) is 9.47 Å². The van der Waals surface area contributed by atoms with E-state index >= 15 is 0 Å². The van der Waals surface area contributed by atoms with Gasteiger partial charge in [0.1, 0.15) is 5.69 Å². The summed E-state index contributed by atoms with van der Waals surface area (Å²) in [6.07, 6.45) is 2.59. The number of para-hydroxylation sites is 1. The highest BCUT2D eigenvalue weighted by molar-refractivity contribution is 5.95. The first-order valence-electron chi connectivity index (χ1n) is 9.53. The molecular formula is C21H26N2O4. The molecule has 1 aromatic carbocycles. The molecule has 4 rings (SSSR count). The van der Waals surface area contributed by atoms with E-state index in [1.165, 1.54) is 0 Å². The number of amides is 1. The molecule has 2 aliphatic rings. The van der Waals surface area contributed by atoms with E-state index in [1.807, 2.05) is 35.2 Å². The van der Waals surface area contributed by atoms with Crippen LogP contribution in [0.2, 0.25) is 0 Å². The number of piperidine rings is 1. The lowest BCUT2D eigenvalue weighted by atomic mass is 9.77. The Morgan fingerprint density at radius 3 is 2.78 bits per heavy atom. The third-order valence-electron chi connectivity index (χ3n) is 5.82. The van der Waals surface area contributed by atoms with Crippen LogP contribution in [0.5, 0.6) is 0 Å². The molecule has 0 radical (unpaired) electrons. The van der Waals surface area contributed by atoms with E-state index < -0.39 is 5.60 Å². The summed E-state index contributed by atoms with van der Waals surface area (Å²) in [5.41, 5.74) is 0.111. The Bertz CT molecular complexity index is 828. The number of methoxy groups -OCH3 is 1. The Morgan fingerprint density at radius 1 is 1.22 bits per heavy atom. The number of fused-ring (bicyclic) bond motifs is 1. The number of carbonyl (C=O) groups is 1. The van der Waals surface area contributed by atoms with Crippen LogP contribution in [0.15, 0.2) is 36.4 Å². The van der Waals surface area contributed by atoms with Crippen molar-refractivity contribution in [3.63, 3.8) is 0 Å². The van der Waals surface area contributed by atoms with Gasteiger partial charge in [-0.2, -0.15) is 0 Å². The molecule has 3 heterocycles. The van der Waals surface area contributed by atoms with Gasteiger partial charge in [0.15, 0.2) is 0 Å². The lowest BCUT2D eigenvalue weighted by molar-refractivity contribution is -0.189. The maximum Gasteiger partial charge on any atom is 0.272 e. The zero-order valence-electron chi connectivity index (χ0n) is 15.7. The average Bonchev–Trinajstić information content (AvgIpc) is 2.67. The molecule has 0 bridgehead atoms. The SMILES string of the molecule is COCC1(O)CCOC2(CCN(C(=O)c3ccc4ccccc4n3)CC2)C1. The molecule has 1 N–H and O–H groups in total. The van der Waals surface area contributed by atoms with E-state index in [0.717, 1.165) is 23.7 Å². The minimum Gasteiger partial charge on any atom is -0.387 e. The Morgan fingerprint density at radius 2 is 2.00 bits per heavy atom. The Kier molecular flexibility index (Phi) is 4.88. The monoisotopic (exact) mass is 370 g/mol. The molecule has 144 valence electrons. The number of nitrogens with zero attached hydrogens (tertiary/aromatic N) is 2. The summed E-state index contributed by atoms with van der Waals surface area (Å²) in [6.45, 7) is 2.06. The number of ether oxygens (including phenoxy) is 2. The quantitative estimate of drug-likeness (QED) is 0.898. The summed E-state index contributed by atoms with van der Waals surface area (Å²) >= 11 is 0. The number of aliphatic hydroxyl groups is 1. The van der Waals surface area contributed by atoms with Crippen LogP contribution in [-0.4, -0.2) is 65.5 Å². The number of aromatic nitrogens is 1. The second-order valence-corrected chi connectivity index (χ2v) is 7.80. The highest BCUT2D eigenvalue weighted by Gasteiger charge is 2.47. The highest BCUT2D eigenvalue weighted by atomic mass is 16.5. The first-order chi connectivity index (χ1) is 13.0. The van der Waals surface area contributed by atoms with Gasteiger partial charge in [0, 0.05) is 38.4 Å². The Hall–Kier alpha value is -2.02. The van der Waals surface area contributed by atoms with Crippen molar-refractivity contribution in [3.8, 4) is 0 Å². The highest BCUT2D eigenvalue weighted by Crippen LogP contribution is 2.40. The van der Waals surface area contributed by atoms with E-state index in [9.17, 15) is 9.90 Å². The fourth-order valence-corrected chi connectivity index (χ4v) is 4.37. The topological polar surface area (TPSA) is 71.9 Å². The van der Waals surface area contributed by atoms with Gasteiger partial charge >= 0.3 is 0 Å². The second kappa shape index (κ2) is 7.19. The number of pyridine rings is 1. The van der Waals surface area contributed by atoms with Gasteiger partial charge in [0.25, 0.3) is 5.91 Å². The molecule has 1 aromatic heterocycles. The molecule has 2 aromatic rings. The average molecular weight is 370 g/mol. The van der Waals surface area contributed by atoms with Gasteiger partial charge < -0.3 is 19.5 Å². The van der Waals surface area contributed by atoms with Crippen molar-refractivity contribution in [3.05, 3.63) is 42.1 Å². The van der Waals surface area contributed by atoms with Crippen LogP contribution in [0.3, 0.4) is 0 Å². The van der Waals surface area contributed by atoms with Crippen molar-refractivity contribution < 1.29 is 19.4 Å². The number of hydrogen-bond acceptors (Lipinski definition) is 5. The van der Waals surface area contributed by atoms with Gasteiger partial charge in [-0.3, -0.25) is 4.79 Å². The molecule has 2 aliphatic heterocycles. The predicted molar refractivity (Wildman–Crippen MR) is 102 cm³/mol. The van der Waals surface area contributed by atoms with E-state index in [2.05, 4.69) is 4.98 Å². The summed E-state index contributed by atoms with van der Waals surface area (Å²) in [7, 11) is 1.61. The molecule has 1 amide bonds. The fraction of sp³-hybridized carbons (Fsp3) is 0.524. The number of hydrogen-bond donors (Lipinski definition) is 1. The molecule has 2 saturated heterocycles. The van der Waals surface area contributed by atoms with Crippen LogP contribution in [0.1, 0.15) is 36.2 Å². The number of carbonyl (C=O) groups excluding carboxylic acids is 1. The van der Waals surface area contributed by atoms with E-state index in [1.54, 1.807) is 13.2 Å². The third kappa shape index (κ3) is 3.70. The summed E-state index contributed by atoms with van der Waals surface area (Å²) in [5.74, 6) is -0.0430. The van der Waals surface area contributed by atoms with Crippen LogP contribution in [0.25, 0.3) is 10.9 Å². The molecule has 0 saturated carbocycles. The molecule has 2 fully saturated rings. The minimum atomic E-state index is -0.834. The van der Waals surface area contributed by atoms with Gasteiger partial charge in [0.05, 0.1) is 29.9 Å². The van der Waals surface area contributed by atoms with Gasteiger partial charge in [-0.15, -0.1) is 0 Å². The molecule has 1 atom stereocenters. The number of likely N-dealkylation sites (tertiary alicyclic amines) is 1. The number of benzene rings is 1. The van der Waals surface area contributed by atoms with Crippen molar-refractivity contribution in [2.75, 3.05) is 33.4 Å². The second-order valence-electron chi connectivity index (χ2n) is 7.80. The summed E-state index contributed by atoms with van der Waals surface area (Å²) in [4.78, 5) is 19.3. The van der Waals surface area contributed by atoms with E-state index in [4.69, 9.17) is 9.47 Å². The van der Waals surface area contributed by atoms with E-state index in [-0.39, 0.29) is 11.5 Å². The molecular weight excluding hydrogens is 344 g/mol. The van der Waals surface area contributed by atoms with Gasteiger partial charge in [-0.1, -0.05) is 24.3 Å². The molecule has 0 aliphatic carbocycles. The van der Waals surface area contributed by atoms with Crippen molar-refractivity contribution in [2.24, 2.45) is 0 Å². The van der Waals surface area contributed by atoms with Gasteiger partial charge in [0.2, 0.25) is 0 Å². The molecule has 1 spiro atoms. The van der Waals surface area contributed by atoms with Crippen molar-refractivity contribution in [1.29, 1.82) is 0 Å². The third-order valence-corrected chi connectivity index (χ3v) is 5.82. The van der Waals surface area contributed by atoms with Crippen molar-refractivity contribution in [1.82, 2.24) is 9.88 Å². The first kappa shape index (κ1) is 18.3. The zero-order chi connectivity index (χ0) is 18.9. The van der Waals surface area contributed by atoms with Crippen LogP contribution in [0.4, 0.5) is 0 Å². The molecule has 6 heteroatoms. The molecule has 6 nitrogen and oxygen atoms in total. The zero-order valence-corrected chi connectivity index (χ0v) is 15.7. The lowest BCUT2D eigenvalue weighted by Crippen LogP contribution is -2.56. The van der Waals surface area contributed by atoms with Crippen LogP contribution < -0.4 is 0 Å². The predicted octanol–water partition coefficient (Wildman–Crippen LogP) is 2.40. The maximum atomic E-state index is 12.9. The van der Waals surface area contributed by atoms with Crippen molar-refractivity contribution >= 4 is 16.8 Å². The maximum absolute atomic E-state index is 12.9. The minimum absolute atomic E-state index is 0.0430. The largest absolute Gasteiger partial charge is 0.387 e. The van der Waals surface area contributed by atoms with Gasteiger partial charge in [-0.25, -0.2) is 4.98 Å². The lowest BCUT2D eigenvalue weighted by Gasteiger charge is -2.48. The fourth-order valence-electron chi connectivity index (χ4n) is 4.37. The summed E-state index contributed by atoms with van der Waals surface area (Å²) in [6, 6.07) is 11.5. The van der Waals surface area contributed by atoms with Crippen molar-refractivity contribution in [2.45, 2.75) is 36.9 Å². The summed E-state index contributed by atoms with van der Waals surface area (Å²) < 4.78 is 11.3. The molecule has 27 heavy (non-hydrogen) atoms. The smallest absolute Gasteiger partial charge is 0.272 e. The molecule has 1 unspecified atom stereocenters. The summed E-state index contributed by atoms with van der Waals surface area (Å²) in [5, 5.41) is 11.8. The Balaban J connectivity index is 1.44. The standard InChI is InChI=1S/C21H26N2O4/c1-26-15-20(25)10-13-27-21(14-20)8-11-23(12-9-21)19(24)18-7-6-16-4-2-3-5-17(16)22-18/h2-7,25H,8-15H2,1H3. The van der Waals surface area contributed by atoms with Gasteiger partial charge in [-0.05, 0) is 25.0 Å². The normalized spacial score (nSPS) is 25.0. The van der Waals surface area contributed by atoms with Crippen LogP contribution >= 0.6 is 0 Å². The number of rotatable bonds is 3.